The molecule has 31 heavy (non-hydrogen) atoms. The molecule has 5 nitrogen and oxygen atoms in total. The quantitative estimate of drug-likeness (QED) is 0.663. The molecular weight excluding hydrogens is 392 g/mol. The van der Waals surface area contributed by atoms with Crippen LogP contribution in [0.1, 0.15) is 45.1 Å². The Balaban J connectivity index is 1.50. The Kier molecular flexibility index (Phi) is 5.41. The van der Waals surface area contributed by atoms with Crippen molar-refractivity contribution in [1.82, 2.24) is 0 Å². The fourth-order valence-electron chi connectivity index (χ4n) is 5.78. The van der Waals surface area contributed by atoms with Crippen molar-refractivity contribution in [2.75, 3.05) is 0 Å². The maximum atomic E-state index is 13.9. The molecule has 2 heterocycles. The van der Waals surface area contributed by atoms with E-state index >= 15 is 0 Å². The van der Waals surface area contributed by atoms with E-state index in [9.17, 15) is 4.79 Å². The van der Waals surface area contributed by atoms with Crippen molar-refractivity contribution in [3.63, 3.8) is 0 Å². The third kappa shape index (κ3) is 3.72. The van der Waals surface area contributed by atoms with Gasteiger partial charge in [-0.05, 0) is 56.9 Å². The molecule has 0 spiro atoms. The summed E-state index contributed by atoms with van der Waals surface area (Å²) < 4.78 is 25.3. The smallest absolute Gasteiger partial charge is 0.191 e. The maximum Gasteiger partial charge on any atom is 0.191 e. The average molecular weight is 425 g/mol. The second-order valence-electron chi connectivity index (χ2n) is 9.78. The first-order valence-electron chi connectivity index (χ1n) is 11.4. The van der Waals surface area contributed by atoms with Crippen LogP contribution in [0.3, 0.4) is 0 Å². The third-order valence-electron chi connectivity index (χ3n) is 7.29. The number of allylic oxidation sites excluding steroid dienone is 3. The van der Waals surface area contributed by atoms with Crippen LogP contribution < -0.4 is 0 Å². The van der Waals surface area contributed by atoms with Crippen molar-refractivity contribution in [2.24, 2.45) is 17.8 Å². The van der Waals surface area contributed by atoms with Crippen molar-refractivity contribution < 1.29 is 23.7 Å². The van der Waals surface area contributed by atoms with Gasteiger partial charge < -0.3 is 18.9 Å². The number of Topliss-reactive ketones (excluding diaryl/α,β-unsaturated/α-hetero) is 1. The zero-order chi connectivity index (χ0) is 21.6. The predicted octanol–water partition coefficient (Wildman–Crippen LogP) is 4.57. The second kappa shape index (κ2) is 7.96. The van der Waals surface area contributed by atoms with Crippen LogP contribution in [0, 0.1) is 17.8 Å². The molecule has 0 bridgehead atoms. The molecule has 2 aliphatic heterocycles. The van der Waals surface area contributed by atoms with E-state index in [-0.39, 0.29) is 17.6 Å². The Bertz CT molecular complexity index is 862. The van der Waals surface area contributed by atoms with Gasteiger partial charge in [0.25, 0.3) is 0 Å². The van der Waals surface area contributed by atoms with Crippen LogP contribution in [0.4, 0.5) is 0 Å². The number of rotatable bonds is 4. The average Bonchev–Trinajstić information content (AvgIpc) is 3.40. The van der Waals surface area contributed by atoms with Crippen LogP contribution in [0.25, 0.3) is 0 Å². The van der Waals surface area contributed by atoms with E-state index in [0.29, 0.717) is 18.9 Å². The fourth-order valence-corrected chi connectivity index (χ4v) is 5.78. The second-order valence-corrected chi connectivity index (χ2v) is 9.78. The molecule has 7 atom stereocenters. The van der Waals surface area contributed by atoms with Gasteiger partial charge in [0.15, 0.2) is 24.0 Å². The first kappa shape index (κ1) is 21.1. The van der Waals surface area contributed by atoms with E-state index < -0.39 is 29.9 Å². The first-order valence-corrected chi connectivity index (χ1v) is 11.4. The molecular formula is C26H32O5. The zero-order valence-corrected chi connectivity index (χ0v) is 18.4. The molecule has 2 saturated heterocycles. The number of hydrogen-bond donors (Lipinski definition) is 0. The molecule has 0 amide bonds. The first-order chi connectivity index (χ1) is 14.9. The van der Waals surface area contributed by atoms with Crippen molar-refractivity contribution >= 4 is 5.78 Å². The Labute approximate surface area is 184 Å². The van der Waals surface area contributed by atoms with Crippen LogP contribution in [0.5, 0.6) is 0 Å². The minimum atomic E-state index is -0.878. The molecule has 0 aromatic heterocycles. The molecule has 1 aromatic carbocycles. The molecule has 166 valence electrons. The lowest BCUT2D eigenvalue weighted by molar-refractivity contribution is -0.238. The molecule has 1 aromatic rings. The highest BCUT2D eigenvalue weighted by Gasteiger charge is 2.67. The van der Waals surface area contributed by atoms with Gasteiger partial charge in [0, 0.05) is 5.92 Å². The van der Waals surface area contributed by atoms with Gasteiger partial charge in [0.1, 0.15) is 11.7 Å². The van der Waals surface area contributed by atoms with Crippen molar-refractivity contribution in [1.29, 1.82) is 0 Å². The minimum Gasteiger partial charge on any atom is -0.364 e. The Morgan fingerprint density at radius 3 is 2.77 bits per heavy atom. The summed E-state index contributed by atoms with van der Waals surface area (Å²) in [5.74, 6) is -0.162. The van der Waals surface area contributed by atoms with Crippen molar-refractivity contribution in [2.45, 2.75) is 76.0 Å². The van der Waals surface area contributed by atoms with Crippen molar-refractivity contribution in [3.8, 4) is 0 Å². The number of hydrogen-bond acceptors (Lipinski definition) is 5. The summed E-state index contributed by atoms with van der Waals surface area (Å²) in [5.41, 5.74) is 0.183. The molecule has 1 saturated carbocycles. The van der Waals surface area contributed by atoms with Gasteiger partial charge in [-0.3, -0.25) is 4.79 Å². The minimum absolute atomic E-state index is 0.0890. The van der Waals surface area contributed by atoms with E-state index in [4.69, 9.17) is 18.9 Å². The molecule has 0 unspecified atom stereocenters. The lowest BCUT2D eigenvalue weighted by atomic mass is 9.80. The van der Waals surface area contributed by atoms with Gasteiger partial charge in [-0.1, -0.05) is 48.6 Å². The monoisotopic (exact) mass is 424 g/mol. The summed E-state index contributed by atoms with van der Waals surface area (Å²) >= 11 is 0. The van der Waals surface area contributed by atoms with Crippen LogP contribution >= 0.6 is 0 Å². The van der Waals surface area contributed by atoms with Gasteiger partial charge in [0.05, 0.1) is 6.61 Å². The summed E-state index contributed by atoms with van der Waals surface area (Å²) in [4.78, 5) is 13.9. The van der Waals surface area contributed by atoms with E-state index in [2.05, 4.69) is 18.7 Å². The van der Waals surface area contributed by atoms with Gasteiger partial charge >= 0.3 is 0 Å². The van der Waals surface area contributed by atoms with E-state index in [1.165, 1.54) is 0 Å². The molecule has 2 aliphatic carbocycles. The fraction of sp³-hybridized carbons (Fsp3) is 0.577. The van der Waals surface area contributed by atoms with Crippen LogP contribution in [0.15, 0.2) is 55.1 Å². The number of ether oxygens (including phenoxy) is 4. The number of carbonyl (C=O) groups is 1. The summed E-state index contributed by atoms with van der Waals surface area (Å²) in [6.07, 6.45) is 7.92. The topological polar surface area (TPSA) is 54.0 Å². The van der Waals surface area contributed by atoms with E-state index in [1.54, 1.807) is 0 Å². The normalized spacial score (nSPS) is 42.1. The van der Waals surface area contributed by atoms with Crippen LogP contribution in [0.2, 0.25) is 0 Å². The lowest BCUT2D eigenvalue weighted by Crippen LogP contribution is -2.55. The highest BCUT2D eigenvalue weighted by molar-refractivity contribution is 5.88. The van der Waals surface area contributed by atoms with Gasteiger partial charge in [-0.15, -0.1) is 6.58 Å². The van der Waals surface area contributed by atoms with E-state index in [1.807, 2.05) is 50.3 Å². The van der Waals surface area contributed by atoms with Crippen LogP contribution in [-0.4, -0.2) is 35.7 Å². The van der Waals surface area contributed by atoms with Crippen LogP contribution in [-0.2, 0) is 30.3 Å². The summed E-state index contributed by atoms with van der Waals surface area (Å²) in [6, 6.07) is 10.0. The SMILES string of the molecule is C=C[C@H]1C[C@H]2/C=C\CC[C@@]3(OCc4ccccc4)[C@H](O[C@@H]4OC(C)(C)O[C@@H]43)C(=O)[C@H]2C1. The summed E-state index contributed by atoms with van der Waals surface area (Å²) in [6.45, 7) is 8.13. The number of benzene rings is 1. The van der Waals surface area contributed by atoms with Gasteiger partial charge in [-0.2, -0.15) is 0 Å². The lowest BCUT2D eigenvalue weighted by Gasteiger charge is -2.38. The highest BCUT2D eigenvalue weighted by atomic mass is 16.8. The largest absolute Gasteiger partial charge is 0.364 e. The number of carbonyl (C=O) groups excluding carboxylic acids is 1. The highest BCUT2D eigenvalue weighted by Crippen LogP contribution is 2.51. The Morgan fingerprint density at radius 1 is 1.19 bits per heavy atom. The summed E-state index contributed by atoms with van der Waals surface area (Å²) in [5, 5.41) is 0. The standard InChI is InChI=1S/C26H32O5/c1-4-17-14-19-12-8-9-13-26(28-16-18-10-6-5-7-11-18)22(21(27)20(19)15-17)29-24-23(26)30-25(2,3)31-24/h4-8,10-12,17,19-20,22-24H,1,9,13-16H2,2-3H3/b12-8-/t17-,19+,20-,22+,23-,24+,26+/m0/s1. The predicted molar refractivity (Wildman–Crippen MR) is 116 cm³/mol. The molecule has 4 aliphatic rings. The Morgan fingerprint density at radius 2 is 2.00 bits per heavy atom. The molecule has 0 N–H and O–H groups in total. The number of fused-ring (bicyclic) bond motifs is 4. The zero-order valence-electron chi connectivity index (χ0n) is 18.4. The molecule has 3 fully saturated rings. The summed E-state index contributed by atoms with van der Waals surface area (Å²) in [7, 11) is 0. The van der Waals surface area contributed by atoms with E-state index in [0.717, 1.165) is 24.8 Å². The van der Waals surface area contributed by atoms with Gasteiger partial charge in [-0.25, -0.2) is 0 Å². The number of ketones is 1. The third-order valence-corrected chi connectivity index (χ3v) is 7.29. The molecule has 5 rings (SSSR count). The van der Waals surface area contributed by atoms with Crippen molar-refractivity contribution in [3.05, 3.63) is 60.7 Å². The molecule has 5 heteroatoms. The van der Waals surface area contributed by atoms with Gasteiger partial charge in [0.2, 0.25) is 0 Å². The molecule has 0 radical (unpaired) electrons. The maximum absolute atomic E-state index is 13.9. The Hall–Kier alpha value is -1.79.